The van der Waals surface area contributed by atoms with Crippen molar-refractivity contribution < 1.29 is 22.8 Å². The van der Waals surface area contributed by atoms with Crippen LogP contribution in [0.25, 0.3) is 0 Å². The van der Waals surface area contributed by atoms with E-state index < -0.39 is 27.9 Å². The fourth-order valence-corrected chi connectivity index (χ4v) is 4.45. The number of imide groups is 1. The van der Waals surface area contributed by atoms with Crippen molar-refractivity contribution in [3.8, 4) is 0 Å². The summed E-state index contributed by atoms with van der Waals surface area (Å²) in [7, 11) is -3.52. The molecule has 0 saturated carbocycles. The van der Waals surface area contributed by atoms with E-state index in [-0.39, 0.29) is 29.2 Å². The van der Waals surface area contributed by atoms with Gasteiger partial charge in [0.05, 0.1) is 4.90 Å². The van der Waals surface area contributed by atoms with Gasteiger partial charge in [0, 0.05) is 25.1 Å². The molecule has 2 heterocycles. The topological polar surface area (TPSA) is 113 Å². The molecule has 1 unspecified atom stereocenters. The quantitative estimate of drug-likeness (QED) is 0.730. The van der Waals surface area contributed by atoms with Crippen molar-refractivity contribution in [2.75, 3.05) is 13.1 Å². The highest BCUT2D eigenvalue weighted by Crippen LogP contribution is 2.21. The minimum absolute atomic E-state index is 0.145. The maximum absolute atomic E-state index is 12.4. The Hall–Kier alpha value is -2.26. The molecule has 2 N–H and O–H groups in total. The summed E-state index contributed by atoms with van der Waals surface area (Å²) in [5.74, 6) is -1.37. The minimum Gasteiger partial charge on any atom is -0.340 e. The predicted octanol–water partition coefficient (Wildman–Crippen LogP) is 0.00610. The molecule has 1 aromatic carbocycles. The summed E-state index contributed by atoms with van der Waals surface area (Å²) in [6, 6.07) is 4.87. The lowest BCUT2D eigenvalue weighted by Gasteiger charge is -2.21. The maximum atomic E-state index is 12.4. The monoisotopic (exact) mass is 365 g/mol. The van der Waals surface area contributed by atoms with Crippen LogP contribution in [0.2, 0.25) is 0 Å². The second-order valence-corrected chi connectivity index (χ2v) is 8.05. The molecule has 0 bridgehead atoms. The number of benzene rings is 1. The lowest BCUT2D eigenvalue weighted by molar-refractivity contribution is -0.134. The smallest absolute Gasteiger partial charge is 0.251 e. The highest BCUT2D eigenvalue weighted by atomic mass is 32.2. The van der Waals surface area contributed by atoms with Gasteiger partial charge in [0.1, 0.15) is 6.04 Å². The zero-order valence-corrected chi connectivity index (χ0v) is 14.3. The number of nitrogens with zero attached hydrogens (tertiary/aromatic N) is 1. The van der Waals surface area contributed by atoms with Crippen molar-refractivity contribution >= 4 is 27.7 Å². The maximum Gasteiger partial charge on any atom is 0.251 e. The number of hydrogen-bond acceptors (Lipinski definition) is 5. The van der Waals surface area contributed by atoms with E-state index in [4.69, 9.17) is 0 Å². The zero-order valence-electron chi connectivity index (χ0n) is 13.5. The van der Waals surface area contributed by atoms with Crippen molar-refractivity contribution in [1.82, 2.24) is 14.9 Å². The molecule has 0 aliphatic carbocycles. The molecule has 3 amide bonds. The number of carbonyl (C=O) groups excluding carboxylic acids is 3. The molecule has 9 heteroatoms. The molecule has 134 valence electrons. The molecule has 1 aromatic rings. The van der Waals surface area contributed by atoms with Crippen LogP contribution in [0.3, 0.4) is 0 Å². The number of rotatable bonds is 4. The van der Waals surface area contributed by atoms with Gasteiger partial charge in [0.2, 0.25) is 21.8 Å². The largest absolute Gasteiger partial charge is 0.340 e. The average molecular weight is 365 g/mol. The normalized spacial score (nSPS) is 21.8. The van der Waals surface area contributed by atoms with E-state index in [9.17, 15) is 22.8 Å². The minimum atomic E-state index is -3.52. The van der Waals surface area contributed by atoms with Crippen LogP contribution < -0.4 is 10.6 Å². The van der Waals surface area contributed by atoms with E-state index in [1.54, 1.807) is 0 Å². The van der Waals surface area contributed by atoms with Crippen LogP contribution in [0.4, 0.5) is 0 Å². The van der Waals surface area contributed by atoms with Gasteiger partial charge in [0.25, 0.3) is 5.91 Å². The summed E-state index contributed by atoms with van der Waals surface area (Å²) < 4.78 is 26.3. The molecular formula is C16H19N3O5S. The molecule has 0 aromatic heterocycles. The van der Waals surface area contributed by atoms with Crippen molar-refractivity contribution in [3.63, 3.8) is 0 Å². The van der Waals surface area contributed by atoms with Crippen LogP contribution in [0.5, 0.6) is 0 Å². The Morgan fingerprint density at radius 2 is 1.76 bits per heavy atom. The van der Waals surface area contributed by atoms with Crippen molar-refractivity contribution in [3.05, 3.63) is 29.8 Å². The lowest BCUT2D eigenvalue weighted by atomic mass is 10.1. The first-order valence-corrected chi connectivity index (χ1v) is 9.57. The van der Waals surface area contributed by atoms with Gasteiger partial charge < -0.3 is 5.32 Å². The Bertz CT molecular complexity index is 798. The Labute approximate surface area is 145 Å². The zero-order chi connectivity index (χ0) is 18.0. The van der Waals surface area contributed by atoms with Crippen molar-refractivity contribution in [2.24, 2.45) is 0 Å². The Balaban J connectivity index is 1.68. The summed E-state index contributed by atoms with van der Waals surface area (Å²) in [6.45, 7) is 1.03. The van der Waals surface area contributed by atoms with E-state index in [1.807, 2.05) is 0 Å². The van der Waals surface area contributed by atoms with Gasteiger partial charge in [-0.05, 0) is 43.5 Å². The highest BCUT2D eigenvalue weighted by Gasteiger charge is 2.29. The molecule has 0 radical (unpaired) electrons. The fourth-order valence-electron chi connectivity index (χ4n) is 2.93. The number of piperidine rings is 1. The van der Waals surface area contributed by atoms with Gasteiger partial charge in [-0.3, -0.25) is 19.7 Å². The lowest BCUT2D eigenvalue weighted by Crippen LogP contribution is -2.52. The van der Waals surface area contributed by atoms with Gasteiger partial charge in [0.15, 0.2) is 0 Å². The average Bonchev–Trinajstić information content (AvgIpc) is 3.13. The summed E-state index contributed by atoms with van der Waals surface area (Å²) in [5, 5.41) is 4.72. The summed E-state index contributed by atoms with van der Waals surface area (Å²) in [6.07, 6.45) is 2.12. The van der Waals surface area contributed by atoms with Gasteiger partial charge in [-0.25, -0.2) is 8.42 Å². The second kappa shape index (κ2) is 6.93. The Kier molecular flexibility index (Phi) is 4.87. The summed E-state index contributed by atoms with van der Waals surface area (Å²) in [5.41, 5.74) is 0.255. The molecule has 25 heavy (non-hydrogen) atoms. The van der Waals surface area contributed by atoms with Crippen molar-refractivity contribution in [1.29, 1.82) is 0 Å². The van der Waals surface area contributed by atoms with Crippen LogP contribution in [0, 0.1) is 0 Å². The molecule has 0 spiro atoms. The molecule has 3 rings (SSSR count). The van der Waals surface area contributed by atoms with Gasteiger partial charge in [-0.15, -0.1) is 0 Å². The van der Waals surface area contributed by atoms with E-state index in [1.165, 1.54) is 28.6 Å². The predicted molar refractivity (Wildman–Crippen MR) is 88.1 cm³/mol. The van der Waals surface area contributed by atoms with E-state index >= 15 is 0 Å². The van der Waals surface area contributed by atoms with Crippen LogP contribution in [0.1, 0.15) is 36.0 Å². The molecule has 2 aliphatic rings. The number of hydrogen-bond donors (Lipinski definition) is 2. The Morgan fingerprint density at radius 1 is 1.12 bits per heavy atom. The number of nitrogens with one attached hydrogen (secondary N) is 2. The highest BCUT2D eigenvalue weighted by molar-refractivity contribution is 7.89. The molecule has 2 fully saturated rings. The molecule has 2 aliphatic heterocycles. The first-order chi connectivity index (χ1) is 11.9. The summed E-state index contributed by atoms with van der Waals surface area (Å²) >= 11 is 0. The van der Waals surface area contributed by atoms with Crippen molar-refractivity contribution in [2.45, 2.75) is 36.6 Å². The molecule has 2 saturated heterocycles. The SMILES string of the molecule is O=C1CCC(NC(=O)c2ccc(S(=O)(=O)N3CCCC3)cc2)C(=O)N1. The second-order valence-electron chi connectivity index (χ2n) is 6.11. The first kappa shape index (κ1) is 17.6. The van der Waals surface area contributed by atoms with Gasteiger partial charge >= 0.3 is 0 Å². The third-order valence-electron chi connectivity index (χ3n) is 4.36. The molecule has 1 atom stereocenters. The molecule has 8 nitrogen and oxygen atoms in total. The third kappa shape index (κ3) is 3.72. The standard InChI is InChI=1S/C16H19N3O5S/c20-14-8-7-13(16(22)18-14)17-15(21)11-3-5-12(6-4-11)25(23,24)19-9-1-2-10-19/h3-6,13H,1-2,7-10H2,(H,17,21)(H,18,20,22). The van der Waals surface area contributed by atoms with E-state index in [0.29, 0.717) is 13.1 Å². The van der Waals surface area contributed by atoms with Crippen LogP contribution >= 0.6 is 0 Å². The van der Waals surface area contributed by atoms with Crippen LogP contribution in [-0.2, 0) is 19.6 Å². The Morgan fingerprint density at radius 3 is 2.36 bits per heavy atom. The number of sulfonamides is 1. The molecular weight excluding hydrogens is 346 g/mol. The fraction of sp³-hybridized carbons (Fsp3) is 0.438. The van der Waals surface area contributed by atoms with Crippen LogP contribution in [0.15, 0.2) is 29.2 Å². The van der Waals surface area contributed by atoms with E-state index in [0.717, 1.165) is 12.8 Å². The number of amides is 3. The van der Waals surface area contributed by atoms with E-state index in [2.05, 4.69) is 10.6 Å². The van der Waals surface area contributed by atoms with Gasteiger partial charge in [-0.1, -0.05) is 0 Å². The summed E-state index contributed by atoms with van der Waals surface area (Å²) in [4.78, 5) is 35.1. The van der Waals surface area contributed by atoms with Crippen LogP contribution in [-0.4, -0.2) is 49.6 Å². The number of carbonyl (C=O) groups is 3. The first-order valence-electron chi connectivity index (χ1n) is 8.13. The third-order valence-corrected chi connectivity index (χ3v) is 6.28. The van der Waals surface area contributed by atoms with Gasteiger partial charge in [-0.2, -0.15) is 4.31 Å².